The maximum Gasteiger partial charge on any atom is 0.387 e. The van der Waals surface area contributed by atoms with E-state index in [2.05, 4.69) is 49.8 Å². The molecule has 2 unspecified atom stereocenters. The van der Waals surface area contributed by atoms with Gasteiger partial charge in [-0.3, -0.25) is 9.89 Å². The quantitative estimate of drug-likeness (QED) is 0.285. The highest BCUT2D eigenvalue weighted by Gasteiger charge is 2.31. The molecule has 1 fully saturated rings. The SMILES string of the molecule is CN=C(NCc1c(F)cccc1OC(F)F)NCC1CCCN(C)C1c1cccs1.I. The van der Waals surface area contributed by atoms with Crippen molar-refractivity contribution in [3.8, 4) is 5.75 Å². The van der Waals surface area contributed by atoms with Crippen LogP contribution in [-0.4, -0.2) is 44.7 Å². The molecule has 10 heteroatoms. The van der Waals surface area contributed by atoms with Crippen LogP contribution in [-0.2, 0) is 6.54 Å². The Morgan fingerprint density at radius 2 is 2.10 bits per heavy atom. The van der Waals surface area contributed by atoms with Crippen LogP contribution < -0.4 is 15.4 Å². The van der Waals surface area contributed by atoms with Gasteiger partial charge in [-0.25, -0.2) is 4.39 Å². The number of nitrogens with one attached hydrogen (secondary N) is 2. The van der Waals surface area contributed by atoms with E-state index >= 15 is 0 Å². The summed E-state index contributed by atoms with van der Waals surface area (Å²) in [6, 6.07) is 8.46. The van der Waals surface area contributed by atoms with Gasteiger partial charge < -0.3 is 15.4 Å². The van der Waals surface area contributed by atoms with Crippen LogP contribution in [0.2, 0.25) is 0 Å². The number of ether oxygens (including phenoxy) is 1. The van der Waals surface area contributed by atoms with E-state index in [-0.39, 0.29) is 41.8 Å². The van der Waals surface area contributed by atoms with E-state index in [1.165, 1.54) is 23.1 Å². The standard InChI is InChI=1S/C21H27F3N4OS.HI/c1-25-21(27-13-15-16(22)7-3-8-17(15)29-20(23)24)26-12-14-6-4-10-28(2)19(14)18-9-5-11-30-18;/h3,5,7-9,11,14,19-20H,4,6,10,12-13H2,1-2H3,(H2,25,26,27);1H. The fraction of sp³-hybridized carbons (Fsp3) is 0.476. The van der Waals surface area contributed by atoms with Crippen LogP contribution in [0.1, 0.15) is 29.3 Å². The summed E-state index contributed by atoms with van der Waals surface area (Å²) in [6.07, 6.45) is 2.22. The van der Waals surface area contributed by atoms with E-state index in [9.17, 15) is 13.2 Å². The van der Waals surface area contributed by atoms with Crippen molar-refractivity contribution in [1.29, 1.82) is 0 Å². The van der Waals surface area contributed by atoms with Gasteiger partial charge in [0, 0.05) is 36.6 Å². The maximum absolute atomic E-state index is 14.2. The number of nitrogens with zero attached hydrogens (tertiary/aromatic N) is 2. The summed E-state index contributed by atoms with van der Waals surface area (Å²) < 4.78 is 43.8. The number of likely N-dealkylation sites (tertiary alicyclic amines) is 1. The molecule has 1 aliphatic heterocycles. The largest absolute Gasteiger partial charge is 0.434 e. The van der Waals surface area contributed by atoms with E-state index in [1.807, 2.05) is 0 Å². The second kappa shape index (κ2) is 12.5. The zero-order chi connectivity index (χ0) is 21.5. The minimum atomic E-state index is -3.01. The monoisotopic (exact) mass is 568 g/mol. The first kappa shape index (κ1) is 25.7. The predicted molar refractivity (Wildman–Crippen MR) is 129 cm³/mol. The lowest BCUT2D eigenvalue weighted by Crippen LogP contribution is -2.44. The summed E-state index contributed by atoms with van der Waals surface area (Å²) in [6.45, 7) is -1.27. The Labute approximate surface area is 202 Å². The van der Waals surface area contributed by atoms with Gasteiger partial charge in [0.2, 0.25) is 0 Å². The Kier molecular flexibility index (Phi) is 10.4. The van der Waals surface area contributed by atoms with Crippen LogP contribution in [0.4, 0.5) is 13.2 Å². The number of alkyl halides is 2. The van der Waals surface area contributed by atoms with Gasteiger partial charge in [-0.1, -0.05) is 12.1 Å². The summed E-state index contributed by atoms with van der Waals surface area (Å²) in [4.78, 5) is 7.91. The van der Waals surface area contributed by atoms with E-state index in [1.54, 1.807) is 18.4 Å². The molecule has 1 aromatic heterocycles. The Morgan fingerprint density at radius 1 is 1.29 bits per heavy atom. The third-order valence-corrected chi connectivity index (χ3v) is 6.26. The fourth-order valence-electron chi connectivity index (χ4n) is 3.92. The number of halogens is 4. The molecular formula is C21H28F3IN4OS. The molecular weight excluding hydrogens is 540 g/mol. The summed E-state index contributed by atoms with van der Waals surface area (Å²) in [5.74, 6) is 0.0916. The summed E-state index contributed by atoms with van der Waals surface area (Å²) >= 11 is 1.76. The molecule has 0 spiro atoms. The first-order valence-corrected chi connectivity index (χ1v) is 10.8. The third-order valence-electron chi connectivity index (χ3n) is 5.32. The van der Waals surface area contributed by atoms with Crippen LogP contribution >= 0.6 is 35.3 Å². The van der Waals surface area contributed by atoms with Gasteiger partial charge in [0.15, 0.2) is 5.96 Å². The highest BCUT2D eigenvalue weighted by atomic mass is 127. The Morgan fingerprint density at radius 3 is 2.77 bits per heavy atom. The summed E-state index contributed by atoms with van der Waals surface area (Å²) in [7, 11) is 3.77. The fourth-order valence-corrected chi connectivity index (χ4v) is 4.90. The van der Waals surface area contributed by atoms with Crippen LogP contribution in [0.25, 0.3) is 0 Å². The zero-order valence-electron chi connectivity index (χ0n) is 17.5. The lowest BCUT2D eigenvalue weighted by atomic mass is 9.88. The Balaban J connectivity index is 0.00000341. The minimum absolute atomic E-state index is 0. The lowest BCUT2D eigenvalue weighted by Gasteiger charge is -2.39. The number of benzene rings is 1. The van der Waals surface area contributed by atoms with Crippen LogP contribution in [0.15, 0.2) is 40.7 Å². The van der Waals surface area contributed by atoms with Crippen molar-refractivity contribution in [2.24, 2.45) is 10.9 Å². The molecule has 0 amide bonds. The number of rotatable bonds is 7. The van der Waals surface area contributed by atoms with Gasteiger partial charge in [0.25, 0.3) is 0 Å². The Hall–Kier alpha value is -1.53. The highest BCUT2D eigenvalue weighted by molar-refractivity contribution is 14.0. The van der Waals surface area contributed by atoms with E-state index in [0.717, 1.165) is 19.4 Å². The second-order valence-corrected chi connectivity index (χ2v) is 8.22. The number of thiophene rings is 1. The van der Waals surface area contributed by atoms with Crippen LogP contribution in [0.5, 0.6) is 5.75 Å². The molecule has 2 atom stereocenters. The van der Waals surface area contributed by atoms with Crippen molar-refractivity contribution in [2.75, 3.05) is 27.2 Å². The van der Waals surface area contributed by atoms with Gasteiger partial charge in [0.05, 0.1) is 0 Å². The Bertz CT molecular complexity index is 838. The van der Waals surface area contributed by atoms with Gasteiger partial charge in [0.1, 0.15) is 11.6 Å². The number of aliphatic imine (C=N–C) groups is 1. The van der Waals surface area contributed by atoms with Crippen molar-refractivity contribution >= 4 is 41.3 Å². The summed E-state index contributed by atoms with van der Waals surface area (Å²) in [5, 5.41) is 8.40. The number of hydrogen-bond donors (Lipinski definition) is 2. The van der Waals surface area contributed by atoms with Gasteiger partial charge >= 0.3 is 6.61 Å². The number of hydrogen-bond acceptors (Lipinski definition) is 4. The first-order valence-electron chi connectivity index (χ1n) is 9.90. The van der Waals surface area contributed by atoms with Gasteiger partial charge in [-0.15, -0.1) is 35.3 Å². The molecule has 5 nitrogen and oxygen atoms in total. The average Bonchev–Trinajstić information content (AvgIpc) is 3.23. The first-order chi connectivity index (χ1) is 14.5. The van der Waals surface area contributed by atoms with E-state index in [4.69, 9.17) is 0 Å². The van der Waals surface area contributed by atoms with Crippen molar-refractivity contribution in [1.82, 2.24) is 15.5 Å². The normalized spacial score (nSPS) is 19.7. The predicted octanol–water partition coefficient (Wildman–Crippen LogP) is 4.85. The van der Waals surface area contributed by atoms with E-state index in [0.29, 0.717) is 24.5 Å². The molecule has 1 saturated heterocycles. The molecule has 0 saturated carbocycles. The summed E-state index contributed by atoms with van der Waals surface area (Å²) in [5.41, 5.74) is 0.0367. The van der Waals surface area contributed by atoms with E-state index < -0.39 is 12.4 Å². The molecule has 0 aliphatic carbocycles. The molecule has 2 aromatic rings. The topological polar surface area (TPSA) is 48.9 Å². The third kappa shape index (κ3) is 6.98. The molecule has 0 bridgehead atoms. The molecule has 31 heavy (non-hydrogen) atoms. The van der Waals surface area contributed by atoms with Crippen LogP contribution in [0, 0.1) is 11.7 Å². The minimum Gasteiger partial charge on any atom is -0.434 e. The highest BCUT2D eigenvalue weighted by Crippen LogP contribution is 2.36. The second-order valence-electron chi connectivity index (χ2n) is 7.24. The number of piperidine rings is 1. The van der Waals surface area contributed by atoms with Crippen molar-refractivity contribution < 1.29 is 17.9 Å². The molecule has 172 valence electrons. The van der Waals surface area contributed by atoms with Crippen molar-refractivity contribution in [3.63, 3.8) is 0 Å². The molecule has 1 aromatic carbocycles. The maximum atomic E-state index is 14.2. The smallest absolute Gasteiger partial charge is 0.387 e. The lowest BCUT2D eigenvalue weighted by molar-refractivity contribution is -0.0506. The number of guanidine groups is 1. The molecule has 1 aliphatic rings. The molecule has 2 N–H and O–H groups in total. The zero-order valence-corrected chi connectivity index (χ0v) is 20.6. The van der Waals surface area contributed by atoms with Crippen molar-refractivity contribution in [2.45, 2.75) is 32.0 Å². The molecule has 2 heterocycles. The average molecular weight is 568 g/mol. The van der Waals surface area contributed by atoms with Gasteiger partial charge in [-0.2, -0.15) is 8.78 Å². The van der Waals surface area contributed by atoms with Gasteiger partial charge in [-0.05, 0) is 55.9 Å². The molecule has 3 rings (SSSR count). The molecule has 0 radical (unpaired) electrons. The van der Waals surface area contributed by atoms with Crippen LogP contribution in [0.3, 0.4) is 0 Å². The van der Waals surface area contributed by atoms with Crippen molar-refractivity contribution in [3.05, 3.63) is 52.0 Å².